The monoisotopic (exact) mass is 386 g/mol. The normalized spacial score (nSPS) is 17.3. The van der Waals surface area contributed by atoms with Gasteiger partial charge in [-0.15, -0.1) is 0 Å². The molecule has 3 aromatic carbocycles. The van der Waals surface area contributed by atoms with Crippen LogP contribution in [0.3, 0.4) is 0 Å². The van der Waals surface area contributed by atoms with E-state index in [1.165, 1.54) is 5.56 Å². The molecule has 0 bridgehead atoms. The van der Waals surface area contributed by atoms with Crippen molar-refractivity contribution in [3.63, 3.8) is 0 Å². The van der Waals surface area contributed by atoms with Crippen molar-refractivity contribution in [2.75, 3.05) is 20.2 Å². The van der Waals surface area contributed by atoms with Crippen molar-refractivity contribution >= 4 is 5.91 Å². The van der Waals surface area contributed by atoms with Crippen LogP contribution < -0.4 is 4.74 Å². The molecule has 1 unspecified atom stereocenters. The number of amides is 1. The number of benzene rings is 3. The summed E-state index contributed by atoms with van der Waals surface area (Å²) in [6, 6.07) is 28.1. The molecule has 1 fully saturated rings. The van der Waals surface area contributed by atoms with Gasteiger partial charge in [0.2, 0.25) is 5.91 Å². The number of rotatable bonds is 6. The molecule has 1 saturated heterocycles. The van der Waals surface area contributed by atoms with Crippen LogP contribution in [0.4, 0.5) is 0 Å². The quantitative estimate of drug-likeness (QED) is 0.634. The molecule has 148 valence electrons. The molecule has 1 aliphatic rings. The van der Waals surface area contributed by atoms with Gasteiger partial charge in [-0.1, -0.05) is 72.8 Å². The fourth-order valence-electron chi connectivity index (χ4n) is 3.91. The second kappa shape index (κ2) is 8.93. The summed E-state index contributed by atoms with van der Waals surface area (Å²) in [5, 5.41) is 0. The van der Waals surface area contributed by atoms with Gasteiger partial charge in [0.25, 0.3) is 0 Å². The van der Waals surface area contributed by atoms with Gasteiger partial charge in [0, 0.05) is 26.2 Å². The summed E-state index contributed by atoms with van der Waals surface area (Å²) >= 11 is 0. The van der Waals surface area contributed by atoms with E-state index >= 15 is 0 Å². The highest BCUT2D eigenvalue weighted by Gasteiger charge is 2.35. The summed E-state index contributed by atoms with van der Waals surface area (Å²) in [6.45, 7) is 2.96. The Morgan fingerprint density at radius 2 is 1.38 bits per heavy atom. The van der Waals surface area contributed by atoms with E-state index in [0.29, 0.717) is 6.54 Å². The highest BCUT2D eigenvalue weighted by Crippen LogP contribution is 2.30. The molecule has 1 aliphatic heterocycles. The van der Waals surface area contributed by atoms with Crippen LogP contribution in [0.25, 0.3) is 0 Å². The van der Waals surface area contributed by atoms with Gasteiger partial charge < -0.3 is 9.64 Å². The van der Waals surface area contributed by atoms with Crippen molar-refractivity contribution in [3.8, 4) is 5.75 Å². The van der Waals surface area contributed by atoms with Crippen molar-refractivity contribution in [2.45, 2.75) is 19.1 Å². The van der Waals surface area contributed by atoms with Gasteiger partial charge in [0.05, 0.1) is 7.11 Å². The lowest BCUT2D eigenvalue weighted by Gasteiger charge is -2.41. The van der Waals surface area contributed by atoms with Gasteiger partial charge in [0.1, 0.15) is 11.8 Å². The molecule has 0 radical (unpaired) electrons. The molecule has 1 amide bonds. The average molecular weight is 386 g/mol. The van der Waals surface area contributed by atoms with Crippen LogP contribution in [0.5, 0.6) is 5.75 Å². The van der Waals surface area contributed by atoms with Crippen molar-refractivity contribution in [1.29, 1.82) is 0 Å². The molecular weight excluding hydrogens is 360 g/mol. The Bertz CT molecular complexity index is 926. The van der Waals surface area contributed by atoms with E-state index in [4.69, 9.17) is 4.74 Å². The predicted molar refractivity (Wildman–Crippen MR) is 114 cm³/mol. The number of carbonyl (C=O) groups excluding carboxylic acids is 1. The maximum absolute atomic E-state index is 13.5. The first kappa shape index (κ1) is 19.2. The Labute approximate surface area is 172 Å². The molecule has 1 atom stereocenters. The summed E-state index contributed by atoms with van der Waals surface area (Å²) < 4.78 is 5.30. The minimum Gasteiger partial charge on any atom is -0.497 e. The summed E-state index contributed by atoms with van der Waals surface area (Å²) in [7, 11) is 1.66. The first-order chi connectivity index (χ1) is 14.2. The highest BCUT2D eigenvalue weighted by molar-refractivity contribution is 5.84. The number of carbonyl (C=O) groups is 1. The Kier molecular flexibility index (Phi) is 5.92. The highest BCUT2D eigenvalue weighted by atomic mass is 16.5. The SMILES string of the molecule is COc1ccc(C2C(=O)N(Cc3ccccc3)CCN2Cc2ccccc2)cc1. The largest absolute Gasteiger partial charge is 0.497 e. The van der Waals surface area contributed by atoms with Crippen LogP contribution in [0.1, 0.15) is 22.7 Å². The van der Waals surface area contributed by atoms with Crippen LogP contribution in [-0.4, -0.2) is 35.9 Å². The number of piperazine rings is 1. The molecule has 4 nitrogen and oxygen atoms in total. The van der Waals surface area contributed by atoms with Gasteiger partial charge in [-0.05, 0) is 28.8 Å². The van der Waals surface area contributed by atoms with Gasteiger partial charge in [0.15, 0.2) is 0 Å². The summed E-state index contributed by atoms with van der Waals surface area (Å²) in [6.07, 6.45) is 0. The fourth-order valence-corrected chi connectivity index (χ4v) is 3.91. The zero-order valence-corrected chi connectivity index (χ0v) is 16.7. The number of hydrogen-bond donors (Lipinski definition) is 0. The minimum absolute atomic E-state index is 0.154. The Balaban J connectivity index is 1.60. The molecule has 3 aromatic rings. The van der Waals surface area contributed by atoms with Gasteiger partial charge >= 0.3 is 0 Å². The molecule has 0 saturated carbocycles. The molecule has 4 heteroatoms. The second-order valence-corrected chi connectivity index (χ2v) is 7.38. The molecular formula is C25H26N2O2. The van der Waals surface area contributed by atoms with E-state index in [1.807, 2.05) is 65.6 Å². The first-order valence-electron chi connectivity index (χ1n) is 9.99. The Morgan fingerprint density at radius 1 is 0.793 bits per heavy atom. The van der Waals surface area contributed by atoms with Crippen molar-refractivity contribution in [1.82, 2.24) is 9.80 Å². The summed E-state index contributed by atoms with van der Waals surface area (Å²) in [5.74, 6) is 0.953. The molecule has 0 aromatic heterocycles. The van der Waals surface area contributed by atoms with Crippen molar-refractivity contribution in [3.05, 3.63) is 102 Å². The van der Waals surface area contributed by atoms with Crippen molar-refractivity contribution in [2.24, 2.45) is 0 Å². The van der Waals surface area contributed by atoms with Crippen LogP contribution in [0.2, 0.25) is 0 Å². The number of nitrogens with zero attached hydrogens (tertiary/aromatic N) is 2. The third-order valence-electron chi connectivity index (χ3n) is 5.44. The smallest absolute Gasteiger partial charge is 0.244 e. The maximum Gasteiger partial charge on any atom is 0.244 e. The van der Waals surface area contributed by atoms with E-state index in [0.717, 1.165) is 36.5 Å². The standard InChI is InChI=1S/C25H26N2O2/c1-29-23-14-12-22(13-15-23)24-25(28)27(19-21-10-6-3-7-11-21)17-16-26(24)18-20-8-4-2-5-9-20/h2-15,24H,16-19H2,1H3. The van der Waals surface area contributed by atoms with Crippen LogP contribution in [-0.2, 0) is 17.9 Å². The molecule has 4 rings (SSSR count). The van der Waals surface area contributed by atoms with Gasteiger partial charge in [-0.25, -0.2) is 0 Å². The van der Waals surface area contributed by atoms with Crippen LogP contribution in [0.15, 0.2) is 84.9 Å². The van der Waals surface area contributed by atoms with Crippen LogP contribution >= 0.6 is 0 Å². The molecule has 0 spiro atoms. The minimum atomic E-state index is -0.293. The fraction of sp³-hybridized carbons (Fsp3) is 0.240. The number of ether oxygens (including phenoxy) is 1. The predicted octanol–water partition coefficient (Wildman–Crippen LogP) is 4.28. The van der Waals surface area contributed by atoms with E-state index in [2.05, 4.69) is 29.2 Å². The molecule has 0 aliphatic carbocycles. The lowest BCUT2D eigenvalue weighted by atomic mass is 9.99. The third kappa shape index (κ3) is 4.49. The lowest BCUT2D eigenvalue weighted by Crippen LogP contribution is -2.51. The molecule has 29 heavy (non-hydrogen) atoms. The van der Waals surface area contributed by atoms with Crippen LogP contribution in [0, 0.1) is 0 Å². The van der Waals surface area contributed by atoms with E-state index in [1.54, 1.807) is 7.11 Å². The van der Waals surface area contributed by atoms with E-state index in [9.17, 15) is 4.79 Å². The number of methoxy groups -OCH3 is 1. The maximum atomic E-state index is 13.5. The zero-order valence-electron chi connectivity index (χ0n) is 16.7. The summed E-state index contributed by atoms with van der Waals surface area (Å²) in [4.78, 5) is 17.8. The van der Waals surface area contributed by atoms with E-state index < -0.39 is 0 Å². The first-order valence-corrected chi connectivity index (χ1v) is 9.99. The Morgan fingerprint density at radius 3 is 1.97 bits per heavy atom. The van der Waals surface area contributed by atoms with Crippen molar-refractivity contribution < 1.29 is 9.53 Å². The summed E-state index contributed by atoms with van der Waals surface area (Å²) in [5.41, 5.74) is 3.38. The molecule has 1 heterocycles. The zero-order chi connectivity index (χ0) is 20.1. The van der Waals surface area contributed by atoms with Gasteiger partial charge in [-0.2, -0.15) is 0 Å². The topological polar surface area (TPSA) is 32.8 Å². The molecule has 0 N–H and O–H groups in total. The van der Waals surface area contributed by atoms with E-state index in [-0.39, 0.29) is 11.9 Å². The Hall–Kier alpha value is -3.11. The average Bonchev–Trinajstić information content (AvgIpc) is 2.77. The number of hydrogen-bond acceptors (Lipinski definition) is 3. The third-order valence-corrected chi connectivity index (χ3v) is 5.44. The van der Waals surface area contributed by atoms with Gasteiger partial charge in [-0.3, -0.25) is 9.69 Å². The second-order valence-electron chi connectivity index (χ2n) is 7.38. The lowest BCUT2D eigenvalue weighted by molar-refractivity contribution is -0.143.